The van der Waals surface area contributed by atoms with Gasteiger partial charge >= 0.3 is 5.97 Å². The molecule has 0 bridgehead atoms. The molecule has 0 amide bonds. The molecule has 0 aliphatic rings. The molecule has 20 heavy (non-hydrogen) atoms. The summed E-state index contributed by atoms with van der Waals surface area (Å²) in [5.74, 6) is -1.50. The molecule has 1 unspecified atom stereocenters. The average molecular weight is 309 g/mol. The smallest absolute Gasteiger partial charge is 0.311 e. The van der Waals surface area contributed by atoms with Crippen LogP contribution in [0.5, 0.6) is 0 Å². The van der Waals surface area contributed by atoms with E-state index in [9.17, 15) is 9.90 Å². The molecule has 0 aliphatic carbocycles. The quantitative estimate of drug-likeness (QED) is 0.888. The van der Waals surface area contributed by atoms with Crippen molar-refractivity contribution in [1.29, 1.82) is 0 Å². The summed E-state index contributed by atoms with van der Waals surface area (Å²) in [5.41, 5.74) is 2.76. The molecular formula is C16H14Cl2O2. The Morgan fingerprint density at radius 3 is 2.45 bits per heavy atom. The zero-order valence-electron chi connectivity index (χ0n) is 10.9. The van der Waals surface area contributed by atoms with E-state index in [4.69, 9.17) is 23.2 Å². The number of benzene rings is 2. The maximum absolute atomic E-state index is 11.5. The van der Waals surface area contributed by atoms with E-state index in [1.807, 2.05) is 31.2 Å². The largest absolute Gasteiger partial charge is 0.481 e. The second kappa shape index (κ2) is 6.29. The minimum atomic E-state index is -0.869. The Labute approximate surface area is 128 Å². The summed E-state index contributed by atoms with van der Waals surface area (Å²) in [5, 5.41) is 10.3. The van der Waals surface area contributed by atoms with Gasteiger partial charge in [0.15, 0.2) is 0 Å². The third-order valence-electron chi connectivity index (χ3n) is 3.33. The van der Waals surface area contributed by atoms with Crippen molar-refractivity contribution in [3.05, 3.63) is 69.2 Å². The van der Waals surface area contributed by atoms with Gasteiger partial charge < -0.3 is 5.11 Å². The minimum absolute atomic E-state index is 0.375. The van der Waals surface area contributed by atoms with Gasteiger partial charge in [-0.15, -0.1) is 0 Å². The highest BCUT2D eigenvalue weighted by Crippen LogP contribution is 2.29. The molecule has 2 rings (SSSR count). The highest BCUT2D eigenvalue weighted by molar-refractivity contribution is 6.42. The van der Waals surface area contributed by atoms with Gasteiger partial charge in [-0.3, -0.25) is 4.79 Å². The number of rotatable bonds is 4. The predicted octanol–water partition coefficient (Wildman–Crippen LogP) is 4.71. The lowest BCUT2D eigenvalue weighted by Gasteiger charge is -2.15. The van der Waals surface area contributed by atoms with Crippen LogP contribution in [0.15, 0.2) is 42.5 Å². The highest BCUT2D eigenvalue weighted by Gasteiger charge is 2.21. The maximum Gasteiger partial charge on any atom is 0.311 e. The number of hydrogen-bond donors (Lipinski definition) is 1. The number of aliphatic carboxylic acids is 1. The van der Waals surface area contributed by atoms with Crippen molar-refractivity contribution in [3.8, 4) is 0 Å². The Morgan fingerprint density at radius 1 is 1.15 bits per heavy atom. The molecule has 0 aromatic heterocycles. The van der Waals surface area contributed by atoms with Crippen LogP contribution < -0.4 is 0 Å². The van der Waals surface area contributed by atoms with Crippen LogP contribution in [0, 0.1) is 6.92 Å². The molecule has 104 valence electrons. The second-order valence-corrected chi connectivity index (χ2v) is 5.51. The molecule has 2 aromatic rings. The first-order valence-corrected chi connectivity index (χ1v) is 6.97. The van der Waals surface area contributed by atoms with Gasteiger partial charge in [-0.2, -0.15) is 0 Å². The summed E-state index contributed by atoms with van der Waals surface area (Å²) >= 11 is 11.8. The van der Waals surface area contributed by atoms with Crippen LogP contribution in [0.2, 0.25) is 10.0 Å². The van der Waals surface area contributed by atoms with Gasteiger partial charge in [0.05, 0.1) is 16.0 Å². The third kappa shape index (κ3) is 3.33. The summed E-state index contributed by atoms with van der Waals surface area (Å²) in [6, 6.07) is 12.7. The Hall–Kier alpha value is -1.51. The van der Waals surface area contributed by atoms with E-state index in [1.54, 1.807) is 18.2 Å². The lowest BCUT2D eigenvalue weighted by molar-refractivity contribution is -0.138. The van der Waals surface area contributed by atoms with Crippen molar-refractivity contribution in [1.82, 2.24) is 0 Å². The molecule has 0 aliphatic heterocycles. The first kappa shape index (κ1) is 14.9. The lowest BCUT2D eigenvalue weighted by atomic mass is 9.90. The Bertz CT molecular complexity index is 638. The molecule has 0 spiro atoms. The summed E-state index contributed by atoms with van der Waals surface area (Å²) in [6.07, 6.45) is 0.431. The molecular weight excluding hydrogens is 295 g/mol. The van der Waals surface area contributed by atoms with Gasteiger partial charge in [0.25, 0.3) is 0 Å². The fraction of sp³-hybridized carbons (Fsp3) is 0.188. The van der Waals surface area contributed by atoms with E-state index in [0.29, 0.717) is 22.0 Å². The van der Waals surface area contributed by atoms with E-state index in [-0.39, 0.29) is 0 Å². The normalized spacial score (nSPS) is 12.2. The van der Waals surface area contributed by atoms with Crippen molar-refractivity contribution in [2.75, 3.05) is 0 Å². The first-order chi connectivity index (χ1) is 9.49. The number of carboxylic acids is 1. The van der Waals surface area contributed by atoms with Crippen LogP contribution in [0.4, 0.5) is 0 Å². The van der Waals surface area contributed by atoms with E-state index >= 15 is 0 Å². The van der Waals surface area contributed by atoms with Crippen LogP contribution in [0.3, 0.4) is 0 Å². The Morgan fingerprint density at radius 2 is 1.85 bits per heavy atom. The molecule has 2 nitrogen and oxygen atoms in total. The van der Waals surface area contributed by atoms with Crippen LogP contribution in [-0.2, 0) is 11.2 Å². The molecule has 0 heterocycles. The molecule has 0 radical (unpaired) electrons. The first-order valence-electron chi connectivity index (χ1n) is 6.21. The fourth-order valence-corrected chi connectivity index (χ4v) is 2.44. The minimum Gasteiger partial charge on any atom is -0.481 e. The van der Waals surface area contributed by atoms with E-state index < -0.39 is 11.9 Å². The summed E-state index contributed by atoms with van der Waals surface area (Å²) in [6.45, 7) is 1.98. The monoisotopic (exact) mass is 308 g/mol. The predicted molar refractivity (Wildman–Crippen MR) is 81.7 cm³/mol. The van der Waals surface area contributed by atoms with Crippen molar-refractivity contribution in [2.24, 2.45) is 0 Å². The molecule has 1 atom stereocenters. The standard InChI is InChI=1S/C16H14Cl2O2/c1-10-4-2-3-5-11(10)8-13(16(19)20)12-6-7-14(17)15(18)9-12/h2-7,9,13H,8H2,1H3,(H,19,20). The number of hydrogen-bond acceptors (Lipinski definition) is 1. The van der Waals surface area contributed by atoms with Gasteiger partial charge in [-0.1, -0.05) is 53.5 Å². The molecule has 0 saturated heterocycles. The van der Waals surface area contributed by atoms with Gasteiger partial charge in [-0.25, -0.2) is 0 Å². The topological polar surface area (TPSA) is 37.3 Å². The van der Waals surface area contributed by atoms with Crippen molar-refractivity contribution in [2.45, 2.75) is 19.3 Å². The Kier molecular flexibility index (Phi) is 4.69. The van der Waals surface area contributed by atoms with Gasteiger partial charge in [0, 0.05) is 0 Å². The number of halogens is 2. The van der Waals surface area contributed by atoms with Gasteiger partial charge in [-0.05, 0) is 42.2 Å². The summed E-state index contributed by atoms with van der Waals surface area (Å²) in [4.78, 5) is 11.5. The fourth-order valence-electron chi connectivity index (χ4n) is 2.14. The van der Waals surface area contributed by atoms with Crippen LogP contribution in [-0.4, -0.2) is 11.1 Å². The van der Waals surface area contributed by atoms with Crippen LogP contribution >= 0.6 is 23.2 Å². The molecule has 0 saturated carbocycles. The summed E-state index contributed by atoms with van der Waals surface area (Å²) < 4.78 is 0. The molecule has 1 N–H and O–H groups in total. The Balaban J connectivity index is 2.34. The SMILES string of the molecule is Cc1ccccc1CC(C(=O)O)c1ccc(Cl)c(Cl)c1. The van der Waals surface area contributed by atoms with Crippen molar-refractivity contribution in [3.63, 3.8) is 0 Å². The number of carboxylic acid groups (broad SMARTS) is 1. The van der Waals surface area contributed by atoms with Crippen molar-refractivity contribution >= 4 is 29.2 Å². The molecule has 4 heteroatoms. The highest BCUT2D eigenvalue weighted by atomic mass is 35.5. The van der Waals surface area contributed by atoms with E-state index in [1.165, 1.54) is 0 Å². The third-order valence-corrected chi connectivity index (χ3v) is 4.07. The molecule has 0 fully saturated rings. The van der Waals surface area contributed by atoms with E-state index in [2.05, 4.69) is 0 Å². The second-order valence-electron chi connectivity index (χ2n) is 4.69. The van der Waals surface area contributed by atoms with Gasteiger partial charge in [0.1, 0.15) is 0 Å². The van der Waals surface area contributed by atoms with E-state index in [0.717, 1.165) is 11.1 Å². The van der Waals surface area contributed by atoms with Gasteiger partial charge in [0.2, 0.25) is 0 Å². The average Bonchev–Trinajstić information content (AvgIpc) is 2.41. The van der Waals surface area contributed by atoms with Crippen LogP contribution in [0.25, 0.3) is 0 Å². The van der Waals surface area contributed by atoms with Crippen LogP contribution in [0.1, 0.15) is 22.6 Å². The summed E-state index contributed by atoms with van der Waals surface area (Å²) in [7, 11) is 0. The number of carbonyl (C=O) groups is 1. The molecule has 2 aromatic carbocycles. The van der Waals surface area contributed by atoms with Crippen molar-refractivity contribution < 1.29 is 9.90 Å². The zero-order valence-corrected chi connectivity index (χ0v) is 12.4. The zero-order chi connectivity index (χ0) is 14.7. The lowest BCUT2D eigenvalue weighted by Crippen LogP contribution is -2.15. The maximum atomic E-state index is 11.5. The number of aryl methyl sites for hydroxylation is 1.